The Hall–Kier alpha value is -1.10. The van der Waals surface area contributed by atoms with Crippen molar-refractivity contribution < 1.29 is 9.21 Å². The molecule has 0 fully saturated rings. The fourth-order valence-electron chi connectivity index (χ4n) is 1.06. The lowest BCUT2D eigenvalue weighted by molar-refractivity contribution is 0.0926. The lowest BCUT2D eigenvalue weighted by atomic mass is 10.2. The third-order valence-electron chi connectivity index (χ3n) is 1.76. The molecule has 0 saturated carbocycles. The van der Waals surface area contributed by atoms with Gasteiger partial charge in [0.1, 0.15) is 0 Å². The quantitative estimate of drug-likeness (QED) is 0.677. The molecule has 0 unspecified atom stereocenters. The Morgan fingerprint density at radius 2 is 2.33 bits per heavy atom. The molecule has 1 heterocycles. The highest BCUT2D eigenvalue weighted by Gasteiger charge is 2.08. The standard InChI is InChI=1S/C10H13BrN2O2/c1-3-4-7(2)12-13-10(14)8-5-6-9(11)15-8/h5-6H,3-4H2,1-2H3,(H,13,14)/b12-7+. The Bertz CT molecular complexity index is 371. The summed E-state index contributed by atoms with van der Waals surface area (Å²) in [4.78, 5) is 11.4. The van der Waals surface area contributed by atoms with Crippen LogP contribution in [0.1, 0.15) is 37.2 Å². The van der Waals surface area contributed by atoms with E-state index in [4.69, 9.17) is 4.42 Å². The minimum Gasteiger partial charge on any atom is -0.444 e. The van der Waals surface area contributed by atoms with Gasteiger partial charge in [0, 0.05) is 5.71 Å². The van der Waals surface area contributed by atoms with Crippen molar-refractivity contribution >= 4 is 27.5 Å². The number of rotatable bonds is 4. The maximum Gasteiger partial charge on any atom is 0.307 e. The molecule has 15 heavy (non-hydrogen) atoms. The van der Waals surface area contributed by atoms with Crippen molar-refractivity contribution in [1.82, 2.24) is 5.43 Å². The normalized spacial score (nSPS) is 11.5. The molecule has 0 bridgehead atoms. The summed E-state index contributed by atoms with van der Waals surface area (Å²) in [6.07, 6.45) is 1.89. The van der Waals surface area contributed by atoms with E-state index in [1.807, 2.05) is 6.92 Å². The van der Waals surface area contributed by atoms with E-state index in [1.165, 1.54) is 0 Å². The Morgan fingerprint density at radius 3 is 2.87 bits per heavy atom. The van der Waals surface area contributed by atoms with E-state index >= 15 is 0 Å². The lowest BCUT2D eigenvalue weighted by Crippen LogP contribution is -2.18. The van der Waals surface area contributed by atoms with Gasteiger partial charge in [0.15, 0.2) is 10.4 Å². The van der Waals surface area contributed by atoms with Crippen LogP contribution < -0.4 is 5.43 Å². The second-order valence-corrected chi connectivity index (χ2v) is 3.92. The molecule has 0 spiro atoms. The van der Waals surface area contributed by atoms with Crippen molar-refractivity contribution in [2.45, 2.75) is 26.7 Å². The van der Waals surface area contributed by atoms with Crippen LogP contribution >= 0.6 is 15.9 Å². The maximum atomic E-state index is 11.4. The van der Waals surface area contributed by atoms with E-state index in [0.29, 0.717) is 4.67 Å². The molecule has 4 nitrogen and oxygen atoms in total. The van der Waals surface area contributed by atoms with Crippen LogP contribution in [0.5, 0.6) is 0 Å². The maximum absolute atomic E-state index is 11.4. The van der Waals surface area contributed by atoms with Gasteiger partial charge in [-0.15, -0.1) is 0 Å². The van der Waals surface area contributed by atoms with Crippen LogP contribution in [0.3, 0.4) is 0 Å². The van der Waals surface area contributed by atoms with E-state index in [0.717, 1.165) is 18.6 Å². The van der Waals surface area contributed by atoms with Gasteiger partial charge in [-0.1, -0.05) is 13.3 Å². The van der Waals surface area contributed by atoms with Crippen molar-refractivity contribution in [2.24, 2.45) is 5.10 Å². The summed E-state index contributed by atoms with van der Waals surface area (Å²) in [6.45, 7) is 3.94. The van der Waals surface area contributed by atoms with Gasteiger partial charge in [-0.05, 0) is 41.4 Å². The molecule has 82 valence electrons. The first-order valence-electron chi connectivity index (χ1n) is 4.72. The van der Waals surface area contributed by atoms with Gasteiger partial charge in [-0.25, -0.2) is 5.43 Å². The minimum atomic E-state index is -0.337. The fourth-order valence-corrected chi connectivity index (χ4v) is 1.36. The third kappa shape index (κ3) is 3.87. The monoisotopic (exact) mass is 272 g/mol. The van der Waals surface area contributed by atoms with Crippen LogP contribution in [-0.2, 0) is 0 Å². The zero-order valence-corrected chi connectivity index (χ0v) is 10.3. The van der Waals surface area contributed by atoms with Crippen LogP contribution in [0.25, 0.3) is 0 Å². The number of hydrogen-bond donors (Lipinski definition) is 1. The summed E-state index contributed by atoms with van der Waals surface area (Å²) >= 11 is 3.12. The molecule has 5 heteroatoms. The molecule has 1 N–H and O–H groups in total. The van der Waals surface area contributed by atoms with Crippen LogP contribution in [0, 0.1) is 0 Å². The molecule has 0 radical (unpaired) electrons. The van der Waals surface area contributed by atoms with E-state index in [2.05, 4.69) is 33.4 Å². The number of nitrogens with one attached hydrogen (secondary N) is 1. The first kappa shape index (κ1) is 12.0. The number of hydrogen-bond acceptors (Lipinski definition) is 3. The van der Waals surface area contributed by atoms with E-state index in [9.17, 15) is 4.79 Å². The van der Waals surface area contributed by atoms with Crippen molar-refractivity contribution in [3.63, 3.8) is 0 Å². The van der Waals surface area contributed by atoms with Crippen LogP contribution in [-0.4, -0.2) is 11.6 Å². The van der Waals surface area contributed by atoms with Gasteiger partial charge in [0.25, 0.3) is 0 Å². The fraction of sp³-hybridized carbons (Fsp3) is 0.400. The number of furan rings is 1. The molecule has 1 rings (SSSR count). The molecular weight excluding hydrogens is 260 g/mol. The van der Waals surface area contributed by atoms with Gasteiger partial charge in [-0.3, -0.25) is 4.79 Å². The molecular formula is C10H13BrN2O2. The van der Waals surface area contributed by atoms with Crippen LogP contribution in [0.4, 0.5) is 0 Å². The van der Waals surface area contributed by atoms with Crippen LogP contribution in [0.15, 0.2) is 26.3 Å². The first-order valence-corrected chi connectivity index (χ1v) is 5.51. The summed E-state index contributed by atoms with van der Waals surface area (Å²) in [5.41, 5.74) is 3.33. The van der Waals surface area contributed by atoms with E-state index in [-0.39, 0.29) is 11.7 Å². The molecule has 1 amide bonds. The Labute approximate surface area is 96.9 Å². The van der Waals surface area contributed by atoms with Crippen molar-refractivity contribution in [3.8, 4) is 0 Å². The lowest BCUT2D eigenvalue weighted by Gasteiger charge is -1.98. The Kier molecular flexibility index (Phi) is 4.55. The SMILES string of the molecule is CCC/C(C)=N/NC(=O)c1ccc(Br)o1. The molecule has 0 aliphatic carbocycles. The first-order chi connectivity index (χ1) is 7.13. The smallest absolute Gasteiger partial charge is 0.307 e. The Balaban J connectivity index is 2.53. The van der Waals surface area contributed by atoms with E-state index < -0.39 is 0 Å². The molecule has 0 aliphatic rings. The summed E-state index contributed by atoms with van der Waals surface area (Å²) in [6, 6.07) is 3.25. The molecule has 0 aromatic carbocycles. The molecule has 0 atom stereocenters. The van der Waals surface area contributed by atoms with Gasteiger partial charge in [0.05, 0.1) is 0 Å². The summed E-state index contributed by atoms with van der Waals surface area (Å²) in [5, 5.41) is 3.94. The van der Waals surface area contributed by atoms with Crippen molar-refractivity contribution in [2.75, 3.05) is 0 Å². The predicted molar refractivity (Wildman–Crippen MR) is 61.9 cm³/mol. The van der Waals surface area contributed by atoms with Crippen LogP contribution in [0.2, 0.25) is 0 Å². The zero-order chi connectivity index (χ0) is 11.3. The van der Waals surface area contributed by atoms with Gasteiger partial charge in [0.2, 0.25) is 0 Å². The highest BCUT2D eigenvalue weighted by molar-refractivity contribution is 9.10. The van der Waals surface area contributed by atoms with Gasteiger partial charge < -0.3 is 4.42 Å². The summed E-state index contributed by atoms with van der Waals surface area (Å²) < 4.78 is 5.60. The third-order valence-corrected chi connectivity index (χ3v) is 2.18. The van der Waals surface area contributed by atoms with Crippen molar-refractivity contribution in [3.05, 3.63) is 22.6 Å². The molecule has 1 aromatic heterocycles. The average molecular weight is 273 g/mol. The highest BCUT2D eigenvalue weighted by atomic mass is 79.9. The number of amides is 1. The molecule has 1 aromatic rings. The largest absolute Gasteiger partial charge is 0.444 e. The second-order valence-electron chi connectivity index (χ2n) is 3.14. The highest BCUT2D eigenvalue weighted by Crippen LogP contribution is 2.13. The number of carbonyl (C=O) groups is 1. The van der Waals surface area contributed by atoms with Gasteiger partial charge in [-0.2, -0.15) is 5.10 Å². The number of carbonyl (C=O) groups excluding carboxylic acids is 1. The summed E-state index contributed by atoms with van der Waals surface area (Å²) in [5.74, 6) is -0.0916. The molecule has 0 aliphatic heterocycles. The zero-order valence-electron chi connectivity index (χ0n) is 8.71. The molecule has 0 saturated heterocycles. The average Bonchev–Trinajstić information content (AvgIpc) is 2.62. The predicted octanol–water partition coefficient (Wildman–Crippen LogP) is 2.95. The van der Waals surface area contributed by atoms with Gasteiger partial charge >= 0.3 is 5.91 Å². The number of halogens is 1. The minimum absolute atomic E-state index is 0.245. The van der Waals surface area contributed by atoms with E-state index in [1.54, 1.807) is 12.1 Å². The topological polar surface area (TPSA) is 54.6 Å². The number of nitrogens with zero attached hydrogens (tertiary/aromatic N) is 1. The second kappa shape index (κ2) is 5.70. The Morgan fingerprint density at radius 1 is 1.60 bits per heavy atom. The summed E-state index contributed by atoms with van der Waals surface area (Å²) in [7, 11) is 0. The van der Waals surface area contributed by atoms with Crippen molar-refractivity contribution in [1.29, 1.82) is 0 Å². The number of hydrazone groups is 1.